The summed E-state index contributed by atoms with van der Waals surface area (Å²) in [6.45, 7) is 3.26. The van der Waals surface area contributed by atoms with Crippen LogP contribution in [0.25, 0.3) is 5.95 Å². The summed E-state index contributed by atoms with van der Waals surface area (Å²) in [6.07, 6.45) is 6.01. The van der Waals surface area contributed by atoms with Crippen LogP contribution in [0, 0.1) is 0 Å². The Morgan fingerprint density at radius 3 is 2.47 bits per heavy atom. The Hall–Kier alpha value is -2.22. The number of nitrogens with one attached hydrogen (secondary N) is 2. The van der Waals surface area contributed by atoms with Gasteiger partial charge in [-0.05, 0) is 6.42 Å². The molecule has 0 saturated carbocycles. The Labute approximate surface area is 111 Å². The Kier molecular flexibility index (Phi) is 4.62. The minimum absolute atomic E-state index is 0.0177. The van der Waals surface area contributed by atoms with E-state index in [1.807, 2.05) is 0 Å². The van der Waals surface area contributed by atoms with Crippen molar-refractivity contribution in [1.82, 2.24) is 24.5 Å². The van der Waals surface area contributed by atoms with Gasteiger partial charge in [-0.1, -0.05) is 6.92 Å². The molecular weight excluding hydrogens is 246 g/mol. The third-order valence-corrected chi connectivity index (χ3v) is 2.29. The Balaban J connectivity index is 2.25. The summed E-state index contributed by atoms with van der Waals surface area (Å²) >= 11 is 0. The zero-order valence-corrected chi connectivity index (χ0v) is 10.7. The highest BCUT2D eigenvalue weighted by atomic mass is 16.3. The van der Waals surface area contributed by atoms with Gasteiger partial charge in [0, 0.05) is 25.5 Å². The Morgan fingerprint density at radius 1 is 1.16 bits per heavy atom. The molecule has 2 rings (SSSR count). The van der Waals surface area contributed by atoms with Gasteiger partial charge in [-0.3, -0.25) is 4.57 Å². The van der Waals surface area contributed by atoms with Crippen LogP contribution in [0.15, 0.2) is 18.7 Å². The van der Waals surface area contributed by atoms with E-state index in [9.17, 15) is 0 Å². The minimum atomic E-state index is 0.0177. The van der Waals surface area contributed by atoms with Crippen molar-refractivity contribution in [3.05, 3.63) is 18.7 Å². The normalized spacial score (nSPS) is 10.4. The monoisotopic (exact) mass is 263 g/mol. The lowest BCUT2D eigenvalue weighted by molar-refractivity contribution is 0.311. The molecule has 2 aromatic heterocycles. The predicted octanol–water partition coefficient (Wildman–Crippen LogP) is 0.283. The summed E-state index contributed by atoms with van der Waals surface area (Å²) in [6, 6.07) is 0. The largest absolute Gasteiger partial charge is 0.395 e. The SMILES string of the molecule is CCCNc1nc(NCCO)nc(-n2ccnc2)n1. The molecule has 8 heteroatoms. The van der Waals surface area contributed by atoms with Crippen LogP contribution in [0.4, 0.5) is 11.9 Å². The second-order valence-corrected chi connectivity index (χ2v) is 3.83. The molecule has 0 aliphatic rings. The fourth-order valence-electron chi connectivity index (χ4n) is 1.42. The fourth-order valence-corrected chi connectivity index (χ4v) is 1.42. The molecule has 19 heavy (non-hydrogen) atoms. The minimum Gasteiger partial charge on any atom is -0.395 e. The van der Waals surface area contributed by atoms with Crippen LogP contribution in [0.1, 0.15) is 13.3 Å². The van der Waals surface area contributed by atoms with Crippen LogP contribution < -0.4 is 10.6 Å². The number of rotatable bonds is 7. The van der Waals surface area contributed by atoms with Gasteiger partial charge in [0.1, 0.15) is 6.33 Å². The molecule has 0 fully saturated rings. The Morgan fingerprint density at radius 2 is 1.89 bits per heavy atom. The molecular formula is C11H17N7O. The van der Waals surface area contributed by atoms with Crippen molar-refractivity contribution in [3.8, 4) is 5.95 Å². The summed E-state index contributed by atoms with van der Waals surface area (Å²) in [5.41, 5.74) is 0. The zero-order valence-electron chi connectivity index (χ0n) is 10.7. The molecule has 0 bridgehead atoms. The second kappa shape index (κ2) is 6.64. The Bertz CT molecular complexity index is 473. The number of aliphatic hydroxyl groups excluding tert-OH is 1. The molecule has 8 nitrogen and oxygen atoms in total. The summed E-state index contributed by atoms with van der Waals surface area (Å²) in [4.78, 5) is 16.8. The highest BCUT2D eigenvalue weighted by Gasteiger charge is 2.07. The summed E-state index contributed by atoms with van der Waals surface area (Å²) < 4.78 is 1.70. The van der Waals surface area contributed by atoms with Crippen molar-refractivity contribution in [1.29, 1.82) is 0 Å². The van der Waals surface area contributed by atoms with Crippen molar-refractivity contribution < 1.29 is 5.11 Å². The zero-order chi connectivity index (χ0) is 13.5. The van der Waals surface area contributed by atoms with Crippen molar-refractivity contribution in [2.24, 2.45) is 0 Å². The van der Waals surface area contributed by atoms with Crippen molar-refractivity contribution >= 4 is 11.9 Å². The topological polar surface area (TPSA) is 101 Å². The molecule has 0 saturated heterocycles. The van der Waals surface area contributed by atoms with E-state index < -0.39 is 0 Å². The first-order valence-corrected chi connectivity index (χ1v) is 6.16. The maximum Gasteiger partial charge on any atom is 0.241 e. The number of hydrogen-bond acceptors (Lipinski definition) is 7. The van der Waals surface area contributed by atoms with E-state index in [0.717, 1.165) is 13.0 Å². The summed E-state index contributed by atoms with van der Waals surface area (Å²) in [7, 11) is 0. The lowest BCUT2D eigenvalue weighted by Gasteiger charge is -2.09. The van der Waals surface area contributed by atoms with Gasteiger partial charge in [0.25, 0.3) is 0 Å². The van der Waals surface area contributed by atoms with Crippen LogP contribution in [0.2, 0.25) is 0 Å². The van der Waals surface area contributed by atoms with Gasteiger partial charge < -0.3 is 15.7 Å². The second-order valence-electron chi connectivity index (χ2n) is 3.83. The van der Waals surface area contributed by atoms with E-state index in [0.29, 0.717) is 24.4 Å². The molecule has 0 aliphatic carbocycles. The fraction of sp³-hybridized carbons (Fsp3) is 0.455. The third kappa shape index (κ3) is 3.62. The predicted molar refractivity (Wildman–Crippen MR) is 71.3 cm³/mol. The van der Waals surface area contributed by atoms with Gasteiger partial charge in [-0.25, -0.2) is 4.98 Å². The van der Waals surface area contributed by atoms with E-state index >= 15 is 0 Å². The van der Waals surface area contributed by atoms with Crippen molar-refractivity contribution in [3.63, 3.8) is 0 Å². The van der Waals surface area contributed by atoms with E-state index in [-0.39, 0.29) is 6.61 Å². The van der Waals surface area contributed by atoms with E-state index in [1.165, 1.54) is 0 Å². The van der Waals surface area contributed by atoms with Crippen LogP contribution >= 0.6 is 0 Å². The maximum atomic E-state index is 8.83. The quantitative estimate of drug-likeness (QED) is 0.659. The van der Waals surface area contributed by atoms with Gasteiger partial charge in [0.2, 0.25) is 17.8 Å². The lowest BCUT2D eigenvalue weighted by Crippen LogP contribution is -2.14. The first-order chi connectivity index (χ1) is 9.33. The number of anilines is 2. The molecule has 0 unspecified atom stereocenters. The lowest BCUT2D eigenvalue weighted by atomic mass is 10.5. The molecule has 2 heterocycles. The molecule has 3 N–H and O–H groups in total. The number of aromatic nitrogens is 5. The van der Waals surface area contributed by atoms with Crippen LogP contribution in [-0.4, -0.2) is 49.3 Å². The van der Waals surface area contributed by atoms with Crippen molar-refractivity contribution in [2.75, 3.05) is 30.3 Å². The highest BCUT2D eigenvalue weighted by Crippen LogP contribution is 2.09. The molecule has 102 valence electrons. The maximum absolute atomic E-state index is 8.83. The van der Waals surface area contributed by atoms with Gasteiger partial charge in [0.15, 0.2) is 0 Å². The third-order valence-electron chi connectivity index (χ3n) is 2.29. The van der Waals surface area contributed by atoms with Crippen LogP contribution in [0.5, 0.6) is 0 Å². The average Bonchev–Trinajstić information content (AvgIpc) is 2.97. The standard InChI is InChI=1S/C11H17N7O/c1-2-3-13-9-15-10(14-5-7-19)17-11(16-9)18-6-4-12-8-18/h4,6,8,19H,2-3,5,7H2,1H3,(H2,13,14,15,16,17). The molecule has 2 aromatic rings. The molecule has 0 aliphatic heterocycles. The van der Waals surface area contributed by atoms with E-state index in [2.05, 4.69) is 37.5 Å². The van der Waals surface area contributed by atoms with Gasteiger partial charge in [-0.15, -0.1) is 0 Å². The van der Waals surface area contributed by atoms with Crippen LogP contribution in [0.3, 0.4) is 0 Å². The summed E-state index contributed by atoms with van der Waals surface area (Å²) in [5.74, 6) is 1.40. The average molecular weight is 263 g/mol. The van der Waals surface area contributed by atoms with Gasteiger partial charge >= 0.3 is 0 Å². The molecule has 0 spiro atoms. The first-order valence-electron chi connectivity index (χ1n) is 6.16. The number of aliphatic hydroxyl groups is 1. The van der Waals surface area contributed by atoms with Gasteiger partial charge in [0.05, 0.1) is 6.61 Å². The van der Waals surface area contributed by atoms with E-state index in [4.69, 9.17) is 5.11 Å². The molecule has 0 aromatic carbocycles. The number of nitrogens with zero attached hydrogens (tertiary/aromatic N) is 5. The molecule has 0 amide bonds. The number of imidazole rings is 1. The van der Waals surface area contributed by atoms with Crippen molar-refractivity contribution in [2.45, 2.75) is 13.3 Å². The smallest absolute Gasteiger partial charge is 0.241 e. The van der Waals surface area contributed by atoms with E-state index in [1.54, 1.807) is 23.3 Å². The molecule has 0 radical (unpaired) electrons. The molecule has 0 atom stereocenters. The summed E-state index contributed by atoms with van der Waals surface area (Å²) in [5, 5.41) is 14.9. The van der Waals surface area contributed by atoms with Crippen LogP contribution in [-0.2, 0) is 0 Å². The highest BCUT2D eigenvalue weighted by molar-refractivity contribution is 5.37. The van der Waals surface area contributed by atoms with Gasteiger partial charge in [-0.2, -0.15) is 15.0 Å². The first kappa shape index (κ1) is 13.2. The number of hydrogen-bond donors (Lipinski definition) is 3.